The van der Waals surface area contributed by atoms with Crippen LogP contribution in [0.15, 0.2) is 103 Å². The normalized spacial score (nSPS) is 19.6. The molecule has 7 heterocycles. The number of carbonyl (C=O) groups excluding carboxylic acids is 4. The average Bonchev–Trinajstić information content (AvgIpc) is 1.81. The van der Waals surface area contributed by atoms with Crippen LogP contribution < -0.4 is 30.3 Å². The number of β-amino-alcohol motifs (C(OH)–C–C–N with tert-alkyl or cyclic N) is 1. The number of piperazine rings is 2. The van der Waals surface area contributed by atoms with Crippen LogP contribution in [0.25, 0.3) is 21.7 Å². The number of carbonyl (C=O) groups is 4. The third-order valence-electron chi connectivity index (χ3n) is 18.3. The maximum atomic E-state index is 14.3. The third-order valence-corrected chi connectivity index (χ3v) is 19.3. The predicted octanol–water partition coefficient (Wildman–Crippen LogP) is 9.09. The lowest BCUT2D eigenvalue weighted by Gasteiger charge is -2.43. The number of amides is 4. The molecule has 0 saturated carbocycles. The van der Waals surface area contributed by atoms with Gasteiger partial charge in [-0.3, -0.25) is 24.1 Å². The van der Waals surface area contributed by atoms with Crippen LogP contribution in [0, 0.1) is 12.8 Å². The van der Waals surface area contributed by atoms with Crippen molar-refractivity contribution in [3.05, 3.63) is 125 Å². The first-order chi connectivity index (χ1) is 42.8. The maximum absolute atomic E-state index is 14.3. The predicted molar refractivity (Wildman–Crippen MR) is 342 cm³/mol. The summed E-state index contributed by atoms with van der Waals surface area (Å²) in [5.41, 5.74) is 15.7. The van der Waals surface area contributed by atoms with E-state index in [4.69, 9.17) is 15.2 Å². The number of unbranched alkanes of at least 4 members (excludes halogenated alkanes) is 7. The lowest BCUT2D eigenvalue weighted by Crippen LogP contribution is -2.55. The standard InChI is InChI=1S/C68H85N11O8S/c1-45(2)63(78-40-49-17-11-12-20-55(49)67(78)84)68(85)77-43-53(80)37-59(77)66(83)70-39-48-25-24-47(64-46(3)71-44-88-64)35-61(48)87-33-15-9-7-5-4-6-8-10-23-62(82)75-30-28-74(29-31-75)32-34-86-54-19-16-18-50(36-54)79-51-26-27-52(79)42-76(41-51)58-38-57(72-73-65(58)69)56-21-13-14-22-60(56)81/h11-14,16-22,24-25,35-36,38,44-45,51-53,59,63,80-81H,4-10,15,23,26-34,37,39-43H2,1-3H3,(H2,69,73)(H,70,83)/t51?,52?,53-,59?,63+/m1/s1. The Balaban J connectivity index is 0.560. The number of nitrogen functional groups attached to an aromatic ring is 1. The summed E-state index contributed by atoms with van der Waals surface area (Å²) in [6.07, 6.45) is 10.3. The number of fused-ring (bicyclic) bond motifs is 3. The number of phenolic OH excluding ortho intramolecular Hbond substituents is 1. The minimum atomic E-state index is -0.885. The van der Waals surface area contributed by atoms with E-state index in [1.807, 2.05) is 91.8 Å². The number of aliphatic hydroxyl groups excluding tert-OH is 1. The van der Waals surface area contributed by atoms with Crippen LogP contribution in [-0.4, -0.2) is 164 Å². The van der Waals surface area contributed by atoms with Gasteiger partial charge in [0, 0.05) is 119 Å². The van der Waals surface area contributed by atoms with Crippen LogP contribution in [0.3, 0.4) is 0 Å². The number of nitrogens with one attached hydrogen (secondary N) is 1. The van der Waals surface area contributed by atoms with Crippen molar-refractivity contribution in [3.8, 4) is 38.9 Å². The zero-order valence-corrected chi connectivity index (χ0v) is 51.9. The number of hydrogen-bond acceptors (Lipinski definition) is 16. The summed E-state index contributed by atoms with van der Waals surface area (Å²) >= 11 is 1.57. The van der Waals surface area contributed by atoms with E-state index >= 15 is 0 Å². The van der Waals surface area contributed by atoms with E-state index in [0.717, 1.165) is 149 Å². The van der Waals surface area contributed by atoms with Crippen LogP contribution in [0.5, 0.6) is 17.2 Å². The quantitative estimate of drug-likeness (QED) is 0.0372. The number of nitrogens with zero attached hydrogens (tertiary/aromatic N) is 9. The molecule has 5 aliphatic heterocycles. The molecule has 20 heteroatoms. The van der Waals surface area contributed by atoms with Gasteiger partial charge in [0.2, 0.25) is 17.7 Å². The molecule has 4 aromatic carbocycles. The average molecular weight is 1220 g/mol. The van der Waals surface area contributed by atoms with Crippen molar-refractivity contribution in [2.24, 2.45) is 5.92 Å². The van der Waals surface area contributed by atoms with Gasteiger partial charge >= 0.3 is 0 Å². The molecular weight excluding hydrogens is 1130 g/mol. The largest absolute Gasteiger partial charge is 0.507 e. The monoisotopic (exact) mass is 1220 g/mol. The Bertz CT molecular complexity index is 3390. The van der Waals surface area contributed by atoms with E-state index < -0.39 is 18.2 Å². The molecule has 2 aromatic heterocycles. The van der Waals surface area contributed by atoms with E-state index in [0.29, 0.717) is 66.7 Å². The van der Waals surface area contributed by atoms with Gasteiger partial charge in [-0.25, -0.2) is 4.98 Å². The Labute approximate surface area is 520 Å². The summed E-state index contributed by atoms with van der Waals surface area (Å²) in [5.74, 6) is 1.24. The summed E-state index contributed by atoms with van der Waals surface area (Å²) in [5, 5.41) is 32.9. The second-order valence-corrected chi connectivity index (χ2v) is 25.5. The number of aromatic nitrogens is 3. The number of nitrogens with two attached hydrogens (primary N) is 1. The topological polar surface area (TPSA) is 223 Å². The van der Waals surface area contributed by atoms with Gasteiger partial charge < -0.3 is 55.2 Å². The Morgan fingerprint density at radius 2 is 1.52 bits per heavy atom. The number of anilines is 3. The van der Waals surface area contributed by atoms with Gasteiger partial charge in [-0.1, -0.05) is 101 Å². The second-order valence-electron chi connectivity index (χ2n) is 24.7. The molecule has 3 unspecified atom stereocenters. The number of likely N-dealkylation sites (tertiary alicyclic amines) is 1. The van der Waals surface area contributed by atoms with E-state index in [1.165, 1.54) is 10.6 Å². The molecular formula is C68H85N11O8S. The second kappa shape index (κ2) is 28.6. The van der Waals surface area contributed by atoms with Crippen molar-refractivity contribution in [2.75, 3.05) is 81.1 Å². The fourth-order valence-corrected chi connectivity index (χ4v) is 14.4. The van der Waals surface area contributed by atoms with Gasteiger partial charge in [0.25, 0.3) is 5.91 Å². The summed E-state index contributed by atoms with van der Waals surface area (Å²) in [6, 6.07) is 29.9. The number of benzene rings is 4. The number of para-hydroxylation sites is 1. The molecule has 0 aliphatic carbocycles. The van der Waals surface area contributed by atoms with Crippen LogP contribution in [0.2, 0.25) is 0 Å². The van der Waals surface area contributed by atoms with Crippen LogP contribution in [0.4, 0.5) is 17.2 Å². The fourth-order valence-electron chi connectivity index (χ4n) is 13.6. The van der Waals surface area contributed by atoms with E-state index in [1.54, 1.807) is 34.4 Å². The van der Waals surface area contributed by atoms with Gasteiger partial charge in [-0.15, -0.1) is 21.5 Å². The molecule has 4 saturated heterocycles. The lowest BCUT2D eigenvalue weighted by molar-refractivity contribution is -0.143. The zero-order valence-electron chi connectivity index (χ0n) is 51.1. The molecule has 466 valence electrons. The Morgan fingerprint density at radius 3 is 2.25 bits per heavy atom. The highest BCUT2D eigenvalue weighted by Gasteiger charge is 2.46. The molecule has 19 nitrogen and oxygen atoms in total. The van der Waals surface area contributed by atoms with Crippen molar-refractivity contribution in [3.63, 3.8) is 0 Å². The Hall–Kier alpha value is -7.81. The molecule has 0 spiro atoms. The number of aromatic hydroxyl groups is 1. The first kappa shape index (κ1) is 61.8. The lowest BCUT2D eigenvalue weighted by atomic mass is 10.0. The molecule has 4 fully saturated rings. The summed E-state index contributed by atoms with van der Waals surface area (Å²) in [4.78, 5) is 72.9. The van der Waals surface area contributed by atoms with Crippen molar-refractivity contribution in [1.82, 2.24) is 40.1 Å². The maximum Gasteiger partial charge on any atom is 0.255 e. The highest BCUT2D eigenvalue weighted by atomic mass is 32.1. The van der Waals surface area contributed by atoms with Gasteiger partial charge in [0.1, 0.15) is 35.9 Å². The van der Waals surface area contributed by atoms with Gasteiger partial charge in [0.15, 0.2) is 5.82 Å². The van der Waals surface area contributed by atoms with E-state index in [2.05, 4.69) is 53.4 Å². The minimum absolute atomic E-state index is 0.0180. The SMILES string of the molecule is Cc1ncsc1-c1ccc(CNC(=O)C2C[C@@H](O)CN2C(=O)[C@H](C(C)C)N2Cc3ccccc3C2=O)c(OCCCCCCCCCCC(=O)N2CCN(CCOc3cccc(N4C5CCC4CN(c4cc(-c6ccccc6O)nnc4N)C5)c3)CC2)c1. The van der Waals surface area contributed by atoms with E-state index in [9.17, 15) is 29.4 Å². The molecule has 5 aliphatic rings. The number of hydrogen-bond donors (Lipinski definition) is 4. The molecule has 5 N–H and O–H groups in total. The highest BCUT2D eigenvalue weighted by Crippen LogP contribution is 2.41. The Kier molecular flexibility index (Phi) is 20.1. The molecule has 2 bridgehead atoms. The van der Waals surface area contributed by atoms with Crippen LogP contribution in [0.1, 0.15) is 118 Å². The zero-order chi connectivity index (χ0) is 61.3. The smallest absolute Gasteiger partial charge is 0.255 e. The number of rotatable bonds is 26. The molecule has 88 heavy (non-hydrogen) atoms. The van der Waals surface area contributed by atoms with Gasteiger partial charge in [0.05, 0.1) is 40.2 Å². The number of aliphatic hydroxyl groups is 1. The molecule has 5 atom stereocenters. The first-order valence-corrected chi connectivity index (χ1v) is 32.6. The number of ether oxygens (including phenoxy) is 2. The van der Waals surface area contributed by atoms with Crippen molar-refractivity contribution in [2.45, 2.75) is 141 Å². The molecule has 11 rings (SSSR count). The summed E-state index contributed by atoms with van der Waals surface area (Å²) in [7, 11) is 0. The van der Waals surface area contributed by atoms with Crippen LogP contribution in [-0.2, 0) is 27.5 Å². The molecule has 0 radical (unpaired) electrons. The highest BCUT2D eigenvalue weighted by molar-refractivity contribution is 7.13. The Morgan fingerprint density at radius 1 is 0.795 bits per heavy atom. The molecule has 4 amide bonds. The third kappa shape index (κ3) is 14.3. The number of aryl methyl sites for hydroxylation is 1. The molecule has 6 aromatic rings. The van der Waals surface area contributed by atoms with Crippen molar-refractivity contribution >= 4 is 52.2 Å². The minimum Gasteiger partial charge on any atom is -0.507 e. The van der Waals surface area contributed by atoms with Crippen molar-refractivity contribution in [1.29, 1.82) is 0 Å². The number of phenols is 1. The van der Waals surface area contributed by atoms with Gasteiger partial charge in [-0.2, -0.15) is 0 Å². The van der Waals surface area contributed by atoms with E-state index in [-0.39, 0.29) is 54.8 Å². The number of thiazole rings is 1. The fraction of sp³-hybridized carbons (Fsp3) is 0.485. The summed E-state index contributed by atoms with van der Waals surface area (Å²) in [6.45, 7) is 13.0. The summed E-state index contributed by atoms with van der Waals surface area (Å²) < 4.78 is 12.8. The van der Waals surface area contributed by atoms with Gasteiger partial charge in [-0.05, 0) is 92.1 Å². The first-order valence-electron chi connectivity index (χ1n) is 31.8. The van der Waals surface area contributed by atoms with Crippen LogP contribution >= 0.6 is 11.3 Å². The van der Waals surface area contributed by atoms with Crippen molar-refractivity contribution < 1.29 is 38.9 Å².